The Bertz CT molecular complexity index is 341. The summed E-state index contributed by atoms with van der Waals surface area (Å²) in [6, 6.07) is 9.10. The van der Waals surface area contributed by atoms with Gasteiger partial charge in [-0.05, 0) is 18.1 Å². The van der Waals surface area contributed by atoms with Gasteiger partial charge in [-0.3, -0.25) is 0 Å². The third-order valence-corrected chi connectivity index (χ3v) is 2.20. The molecule has 0 unspecified atom stereocenters. The number of rotatable bonds is 3. The van der Waals surface area contributed by atoms with E-state index in [0.29, 0.717) is 6.42 Å². The average Bonchev–Trinajstić information content (AvgIpc) is 2.18. The van der Waals surface area contributed by atoms with Crippen LogP contribution in [-0.4, -0.2) is 11.2 Å². The molecule has 0 fully saturated rings. The monoisotopic (exact) mass is 190 g/mol. The Morgan fingerprint density at radius 1 is 1.50 bits per heavy atom. The largest absolute Gasteiger partial charge is 0.391 e. The molecule has 0 spiro atoms. The first kappa shape index (κ1) is 10.7. The van der Waals surface area contributed by atoms with E-state index in [4.69, 9.17) is 11.0 Å². The van der Waals surface area contributed by atoms with Gasteiger partial charge in [0, 0.05) is 0 Å². The van der Waals surface area contributed by atoms with Gasteiger partial charge in [-0.2, -0.15) is 5.26 Å². The maximum absolute atomic E-state index is 9.36. The van der Waals surface area contributed by atoms with Crippen molar-refractivity contribution in [3.63, 3.8) is 0 Å². The summed E-state index contributed by atoms with van der Waals surface area (Å²) in [7, 11) is 0. The predicted molar refractivity (Wildman–Crippen MR) is 54.4 cm³/mol. The van der Waals surface area contributed by atoms with E-state index in [1.165, 1.54) is 0 Å². The van der Waals surface area contributed by atoms with E-state index >= 15 is 0 Å². The van der Waals surface area contributed by atoms with Gasteiger partial charge in [0.05, 0.1) is 24.6 Å². The van der Waals surface area contributed by atoms with Gasteiger partial charge in [0.2, 0.25) is 0 Å². The molecule has 0 aliphatic rings. The molecule has 3 N–H and O–H groups in total. The predicted octanol–water partition coefficient (Wildman–Crippen LogP) is 1.13. The number of nitriles is 1. The fourth-order valence-corrected chi connectivity index (χ4v) is 1.37. The summed E-state index contributed by atoms with van der Waals surface area (Å²) in [4.78, 5) is 0. The van der Waals surface area contributed by atoms with Crippen molar-refractivity contribution >= 4 is 0 Å². The first-order chi connectivity index (χ1) is 6.66. The number of nitrogens with two attached hydrogens (primary N) is 1. The fourth-order valence-electron chi connectivity index (χ4n) is 1.37. The smallest absolute Gasteiger partial charge is 0.0704 e. The second-order valence-corrected chi connectivity index (χ2v) is 3.30. The van der Waals surface area contributed by atoms with Crippen LogP contribution in [0.4, 0.5) is 0 Å². The summed E-state index contributed by atoms with van der Waals surface area (Å²) < 4.78 is 0. The molecule has 1 rings (SSSR count). The standard InChI is InChI=1S/C11H14N2O/c1-8(14)11(13)10-5-3-2-4-9(10)6-7-12/h2-5,8,11,14H,6,13H2,1H3/t8-,11+/m1/s1. The van der Waals surface area contributed by atoms with Crippen LogP contribution < -0.4 is 5.73 Å². The summed E-state index contributed by atoms with van der Waals surface area (Å²) in [5.74, 6) is 0. The second kappa shape index (κ2) is 4.75. The minimum atomic E-state index is -0.602. The molecule has 0 aliphatic carbocycles. The number of benzene rings is 1. The van der Waals surface area contributed by atoms with E-state index in [2.05, 4.69) is 6.07 Å². The quantitative estimate of drug-likeness (QED) is 0.750. The van der Waals surface area contributed by atoms with Gasteiger partial charge in [-0.25, -0.2) is 0 Å². The molecule has 14 heavy (non-hydrogen) atoms. The third kappa shape index (κ3) is 2.32. The molecule has 0 amide bonds. The molecule has 0 saturated carbocycles. The molecule has 1 aromatic rings. The molecule has 0 aromatic heterocycles. The van der Waals surface area contributed by atoms with Crippen molar-refractivity contribution < 1.29 is 5.11 Å². The molecule has 0 heterocycles. The number of aliphatic hydroxyl groups is 1. The van der Waals surface area contributed by atoms with Gasteiger partial charge >= 0.3 is 0 Å². The third-order valence-electron chi connectivity index (χ3n) is 2.20. The minimum Gasteiger partial charge on any atom is -0.391 e. The van der Waals surface area contributed by atoms with Gasteiger partial charge in [0.15, 0.2) is 0 Å². The Hall–Kier alpha value is -1.37. The molecule has 0 bridgehead atoms. The van der Waals surface area contributed by atoms with Crippen LogP contribution in [0.25, 0.3) is 0 Å². The molecule has 3 nitrogen and oxygen atoms in total. The van der Waals surface area contributed by atoms with Crippen LogP contribution >= 0.6 is 0 Å². The van der Waals surface area contributed by atoms with Gasteiger partial charge in [0.25, 0.3) is 0 Å². The molecule has 74 valence electrons. The van der Waals surface area contributed by atoms with Crippen molar-refractivity contribution in [1.82, 2.24) is 0 Å². The van der Waals surface area contributed by atoms with Crippen LogP contribution in [0.1, 0.15) is 24.1 Å². The summed E-state index contributed by atoms with van der Waals surface area (Å²) in [6.45, 7) is 1.65. The maximum atomic E-state index is 9.36. The van der Waals surface area contributed by atoms with Crippen molar-refractivity contribution in [3.8, 4) is 6.07 Å². The van der Waals surface area contributed by atoms with E-state index in [9.17, 15) is 5.11 Å². The highest BCUT2D eigenvalue weighted by Gasteiger charge is 2.14. The molecule has 0 radical (unpaired) electrons. The number of hydrogen-bond donors (Lipinski definition) is 2. The molecule has 0 aliphatic heterocycles. The van der Waals surface area contributed by atoms with E-state index < -0.39 is 12.1 Å². The summed E-state index contributed by atoms with van der Waals surface area (Å²) >= 11 is 0. The van der Waals surface area contributed by atoms with Gasteiger partial charge < -0.3 is 10.8 Å². The molecular weight excluding hydrogens is 176 g/mol. The Morgan fingerprint density at radius 2 is 2.14 bits per heavy atom. The Morgan fingerprint density at radius 3 is 2.71 bits per heavy atom. The zero-order chi connectivity index (χ0) is 10.6. The van der Waals surface area contributed by atoms with E-state index in [1.54, 1.807) is 6.92 Å². The van der Waals surface area contributed by atoms with Crippen molar-refractivity contribution in [2.24, 2.45) is 5.73 Å². The van der Waals surface area contributed by atoms with E-state index in [-0.39, 0.29) is 0 Å². The lowest BCUT2D eigenvalue weighted by Crippen LogP contribution is -2.24. The first-order valence-electron chi connectivity index (χ1n) is 4.55. The minimum absolute atomic E-state index is 0.330. The number of aliphatic hydroxyl groups excluding tert-OH is 1. The average molecular weight is 190 g/mol. The van der Waals surface area contributed by atoms with E-state index in [1.807, 2.05) is 24.3 Å². The molecule has 1 aromatic carbocycles. The summed E-state index contributed by atoms with van der Waals surface area (Å²) in [6.07, 6.45) is -0.272. The SMILES string of the molecule is C[C@@H](O)[C@H](N)c1ccccc1CC#N. The van der Waals surface area contributed by atoms with Crippen LogP contribution in [0, 0.1) is 11.3 Å². The van der Waals surface area contributed by atoms with Crippen LogP contribution in [-0.2, 0) is 6.42 Å². The van der Waals surface area contributed by atoms with Crippen molar-refractivity contribution in [2.75, 3.05) is 0 Å². The second-order valence-electron chi connectivity index (χ2n) is 3.30. The lowest BCUT2D eigenvalue weighted by Gasteiger charge is -2.17. The number of nitrogens with zero attached hydrogens (tertiary/aromatic N) is 1. The highest BCUT2D eigenvalue weighted by Crippen LogP contribution is 2.19. The van der Waals surface area contributed by atoms with E-state index in [0.717, 1.165) is 11.1 Å². The normalized spacial score (nSPS) is 14.4. The summed E-state index contributed by atoms with van der Waals surface area (Å²) in [5, 5.41) is 18.0. The number of hydrogen-bond acceptors (Lipinski definition) is 3. The van der Waals surface area contributed by atoms with Crippen molar-refractivity contribution in [2.45, 2.75) is 25.5 Å². The van der Waals surface area contributed by atoms with Crippen LogP contribution in [0.3, 0.4) is 0 Å². The van der Waals surface area contributed by atoms with Crippen LogP contribution in [0.2, 0.25) is 0 Å². The van der Waals surface area contributed by atoms with Gasteiger partial charge in [-0.1, -0.05) is 24.3 Å². The summed E-state index contributed by atoms with van der Waals surface area (Å²) in [5.41, 5.74) is 7.55. The fraction of sp³-hybridized carbons (Fsp3) is 0.364. The molecule has 0 saturated heterocycles. The Labute approximate surface area is 83.8 Å². The van der Waals surface area contributed by atoms with Crippen LogP contribution in [0.15, 0.2) is 24.3 Å². The molecule has 3 heteroatoms. The first-order valence-corrected chi connectivity index (χ1v) is 4.55. The van der Waals surface area contributed by atoms with Gasteiger partial charge in [-0.15, -0.1) is 0 Å². The van der Waals surface area contributed by atoms with Crippen molar-refractivity contribution in [1.29, 1.82) is 5.26 Å². The van der Waals surface area contributed by atoms with Crippen molar-refractivity contribution in [3.05, 3.63) is 35.4 Å². The highest BCUT2D eigenvalue weighted by molar-refractivity contribution is 5.32. The van der Waals surface area contributed by atoms with Crippen LogP contribution in [0.5, 0.6) is 0 Å². The highest BCUT2D eigenvalue weighted by atomic mass is 16.3. The molecule has 2 atom stereocenters. The molecular formula is C11H14N2O. The Balaban J connectivity index is 3.01. The lowest BCUT2D eigenvalue weighted by molar-refractivity contribution is 0.164. The Kier molecular flexibility index (Phi) is 3.63. The maximum Gasteiger partial charge on any atom is 0.0704 e. The zero-order valence-electron chi connectivity index (χ0n) is 8.14. The zero-order valence-corrected chi connectivity index (χ0v) is 8.14. The lowest BCUT2D eigenvalue weighted by atomic mass is 9.96. The van der Waals surface area contributed by atoms with Gasteiger partial charge in [0.1, 0.15) is 0 Å². The topological polar surface area (TPSA) is 70.0 Å².